The molecule has 2 aliphatic rings. The van der Waals surface area contributed by atoms with Crippen molar-refractivity contribution in [1.82, 2.24) is 14.7 Å². The van der Waals surface area contributed by atoms with Crippen LogP contribution in [0.4, 0.5) is 5.82 Å². The summed E-state index contributed by atoms with van der Waals surface area (Å²) in [6, 6.07) is 0.411. The number of rotatable bonds is 2. The molecule has 6 nitrogen and oxygen atoms in total. The lowest BCUT2D eigenvalue weighted by atomic mass is 10.2. The van der Waals surface area contributed by atoms with Crippen molar-refractivity contribution < 1.29 is 9.53 Å². The summed E-state index contributed by atoms with van der Waals surface area (Å²) in [6.45, 7) is 2.46. The number of nitrogens with two attached hydrogens (primary N) is 1. The molecule has 0 unspecified atom stereocenters. The van der Waals surface area contributed by atoms with Crippen LogP contribution in [0.3, 0.4) is 0 Å². The molecule has 1 aliphatic carbocycles. The Hall–Kier alpha value is -1.56. The zero-order chi connectivity index (χ0) is 13.2. The van der Waals surface area contributed by atoms with E-state index in [-0.39, 0.29) is 5.91 Å². The van der Waals surface area contributed by atoms with Crippen LogP contribution in [0.5, 0.6) is 0 Å². The Kier molecular flexibility index (Phi) is 3.42. The molecule has 1 saturated heterocycles. The number of carbonyl (C=O) groups is 1. The van der Waals surface area contributed by atoms with Crippen molar-refractivity contribution in [3.8, 4) is 0 Å². The number of hydrogen-bond acceptors (Lipinski definition) is 4. The molecule has 0 bridgehead atoms. The molecule has 1 aliphatic heterocycles. The topological polar surface area (TPSA) is 73.4 Å². The van der Waals surface area contributed by atoms with Gasteiger partial charge in [0, 0.05) is 19.3 Å². The number of ether oxygens (including phenoxy) is 1. The van der Waals surface area contributed by atoms with E-state index in [4.69, 9.17) is 10.5 Å². The average Bonchev–Trinajstić information content (AvgIpc) is 3.08. The molecule has 2 fully saturated rings. The second kappa shape index (κ2) is 5.21. The van der Waals surface area contributed by atoms with E-state index in [1.165, 1.54) is 12.8 Å². The van der Waals surface area contributed by atoms with Gasteiger partial charge in [0.05, 0.1) is 19.3 Å². The Morgan fingerprint density at radius 1 is 1.32 bits per heavy atom. The highest BCUT2D eigenvalue weighted by Gasteiger charge is 2.25. The number of anilines is 1. The lowest BCUT2D eigenvalue weighted by molar-refractivity contribution is 0.0303. The smallest absolute Gasteiger partial charge is 0.259 e. The Bertz CT molecular complexity index is 459. The van der Waals surface area contributed by atoms with Gasteiger partial charge in [0.25, 0.3) is 5.91 Å². The Morgan fingerprint density at radius 3 is 2.68 bits per heavy atom. The largest absolute Gasteiger partial charge is 0.382 e. The first kappa shape index (κ1) is 12.5. The van der Waals surface area contributed by atoms with E-state index < -0.39 is 0 Å². The van der Waals surface area contributed by atoms with Gasteiger partial charge in [-0.05, 0) is 12.8 Å². The minimum Gasteiger partial charge on any atom is -0.382 e. The number of amides is 1. The number of nitrogen functional groups attached to an aromatic ring is 1. The molecule has 1 aromatic rings. The van der Waals surface area contributed by atoms with Crippen LogP contribution in [-0.2, 0) is 4.74 Å². The summed E-state index contributed by atoms with van der Waals surface area (Å²) >= 11 is 0. The van der Waals surface area contributed by atoms with Crippen molar-refractivity contribution in [2.24, 2.45) is 0 Å². The van der Waals surface area contributed by atoms with Gasteiger partial charge in [-0.25, -0.2) is 0 Å². The first-order valence-corrected chi connectivity index (χ1v) is 6.97. The molecule has 19 heavy (non-hydrogen) atoms. The molecule has 0 atom stereocenters. The monoisotopic (exact) mass is 264 g/mol. The lowest BCUT2D eigenvalue weighted by Gasteiger charge is -2.26. The number of carbonyl (C=O) groups excluding carboxylic acids is 1. The van der Waals surface area contributed by atoms with Crippen LogP contribution in [0, 0.1) is 0 Å². The van der Waals surface area contributed by atoms with Crippen molar-refractivity contribution in [2.75, 3.05) is 32.0 Å². The predicted octanol–water partition coefficient (Wildman–Crippen LogP) is 1.05. The van der Waals surface area contributed by atoms with Gasteiger partial charge < -0.3 is 15.4 Å². The normalized spacial score (nSPS) is 20.9. The van der Waals surface area contributed by atoms with Gasteiger partial charge in [0.2, 0.25) is 0 Å². The zero-order valence-electron chi connectivity index (χ0n) is 11.0. The maximum Gasteiger partial charge on any atom is 0.259 e. The standard InChI is InChI=1S/C13H20N4O2/c14-12-11(13(18)16-5-7-19-8-6-16)9-17(15-12)10-3-1-2-4-10/h9-10H,1-8H2,(H2,14,15). The molecule has 1 amide bonds. The molecule has 1 saturated carbocycles. The van der Waals surface area contributed by atoms with E-state index in [9.17, 15) is 4.79 Å². The fraction of sp³-hybridized carbons (Fsp3) is 0.692. The number of morpholine rings is 1. The van der Waals surface area contributed by atoms with Crippen LogP contribution in [0.2, 0.25) is 0 Å². The van der Waals surface area contributed by atoms with Crippen LogP contribution in [0.1, 0.15) is 42.1 Å². The third-order valence-electron chi connectivity index (χ3n) is 3.99. The molecule has 0 spiro atoms. The second-order valence-corrected chi connectivity index (χ2v) is 5.25. The van der Waals surface area contributed by atoms with Gasteiger partial charge in [-0.15, -0.1) is 0 Å². The third kappa shape index (κ3) is 2.45. The molecule has 6 heteroatoms. The average molecular weight is 264 g/mol. The summed E-state index contributed by atoms with van der Waals surface area (Å²) in [4.78, 5) is 14.2. The van der Waals surface area contributed by atoms with Crippen LogP contribution < -0.4 is 5.73 Å². The van der Waals surface area contributed by atoms with E-state index in [0.717, 1.165) is 12.8 Å². The summed E-state index contributed by atoms with van der Waals surface area (Å²) in [7, 11) is 0. The van der Waals surface area contributed by atoms with Gasteiger partial charge in [0.1, 0.15) is 5.56 Å². The van der Waals surface area contributed by atoms with Gasteiger partial charge in [-0.1, -0.05) is 12.8 Å². The molecule has 2 heterocycles. The van der Waals surface area contributed by atoms with Crippen molar-refractivity contribution in [3.63, 3.8) is 0 Å². The number of hydrogen-bond donors (Lipinski definition) is 1. The minimum atomic E-state index is -0.0231. The van der Waals surface area contributed by atoms with Crippen molar-refractivity contribution >= 4 is 11.7 Å². The van der Waals surface area contributed by atoms with Crippen LogP contribution in [0.15, 0.2) is 6.20 Å². The second-order valence-electron chi connectivity index (χ2n) is 5.25. The Labute approximate surface area is 112 Å². The predicted molar refractivity (Wildman–Crippen MR) is 70.9 cm³/mol. The van der Waals surface area contributed by atoms with E-state index in [1.807, 2.05) is 10.9 Å². The molecule has 1 aromatic heterocycles. The third-order valence-corrected chi connectivity index (χ3v) is 3.99. The highest BCUT2D eigenvalue weighted by Crippen LogP contribution is 2.30. The summed E-state index contributed by atoms with van der Waals surface area (Å²) in [5.74, 6) is 0.327. The molecule has 0 radical (unpaired) electrons. The summed E-state index contributed by atoms with van der Waals surface area (Å²) in [5.41, 5.74) is 6.44. The van der Waals surface area contributed by atoms with Crippen molar-refractivity contribution in [2.45, 2.75) is 31.7 Å². The Balaban J connectivity index is 1.77. The van der Waals surface area contributed by atoms with E-state index in [0.29, 0.717) is 43.7 Å². The number of aromatic nitrogens is 2. The zero-order valence-corrected chi connectivity index (χ0v) is 11.0. The minimum absolute atomic E-state index is 0.0231. The molecule has 2 N–H and O–H groups in total. The Morgan fingerprint density at radius 2 is 2.00 bits per heavy atom. The van der Waals surface area contributed by atoms with E-state index in [1.54, 1.807) is 4.90 Å². The maximum atomic E-state index is 12.4. The highest BCUT2D eigenvalue weighted by atomic mass is 16.5. The maximum absolute atomic E-state index is 12.4. The summed E-state index contributed by atoms with van der Waals surface area (Å²) in [5, 5.41) is 4.32. The first-order valence-electron chi connectivity index (χ1n) is 6.97. The van der Waals surface area contributed by atoms with Gasteiger partial charge in [-0.2, -0.15) is 5.10 Å². The first-order chi connectivity index (χ1) is 9.25. The number of nitrogens with zero attached hydrogens (tertiary/aromatic N) is 3. The fourth-order valence-corrected chi connectivity index (χ4v) is 2.86. The summed E-state index contributed by atoms with van der Waals surface area (Å²) in [6.07, 6.45) is 6.55. The van der Waals surface area contributed by atoms with Crippen LogP contribution >= 0.6 is 0 Å². The van der Waals surface area contributed by atoms with Crippen LogP contribution in [0.25, 0.3) is 0 Å². The van der Waals surface area contributed by atoms with Crippen LogP contribution in [-0.4, -0.2) is 46.9 Å². The van der Waals surface area contributed by atoms with Crippen molar-refractivity contribution in [1.29, 1.82) is 0 Å². The highest BCUT2D eigenvalue weighted by molar-refractivity contribution is 5.98. The summed E-state index contributed by atoms with van der Waals surface area (Å²) < 4.78 is 7.14. The fourth-order valence-electron chi connectivity index (χ4n) is 2.86. The molecule has 0 aromatic carbocycles. The molecule has 3 rings (SSSR count). The molecular weight excluding hydrogens is 244 g/mol. The van der Waals surface area contributed by atoms with Gasteiger partial charge in [0.15, 0.2) is 5.82 Å². The van der Waals surface area contributed by atoms with Gasteiger partial charge >= 0.3 is 0 Å². The van der Waals surface area contributed by atoms with Crippen molar-refractivity contribution in [3.05, 3.63) is 11.8 Å². The quantitative estimate of drug-likeness (QED) is 0.866. The molecular formula is C13H20N4O2. The lowest BCUT2D eigenvalue weighted by Crippen LogP contribution is -2.40. The SMILES string of the molecule is Nc1nn(C2CCCC2)cc1C(=O)N1CCOCC1. The molecule has 104 valence electrons. The van der Waals surface area contributed by atoms with Gasteiger partial charge in [-0.3, -0.25) is 9.48 Å². The van der Waals surface area contributed by atoms with E-state index >= 15 is 0 Å². The van der Waals surface area contributed by atoms with E-state index in [2.05, 4.69) is 5.10 Å².